The number of thiocarbonyl (C=S) groups is 1. The third-order valence-electron chi connectivity index (χ3n) is 3.38. The molecule has 1 heterocycles. The van der Waals surface area contributed by atoms with Crippen LogP contribution in [-0.4, -0.2) is 42.6 Å². The van der Waals surface area contributed by atoms with Gasteiger partial charge in [-0.2, -0.15) is 0 Å². The van der Waals surface area contributed by atoms with Crippen molar-refractivity contribution >= 4 is 34.5 Å². The zero-order chi connectivity index (χ0) is 13.3. The molecule has 0 bridgehead atoms. The number of hydrogen-bond acceptors (Lipinski definition) is 3. The van der Waals surface area contributed by atoms with E-state index in [2.05, 4.69) is 23.8 Å². The Bertz CT molecular complexity index is 464. The molecule has 0 radical (unpaired) electrons. The lowest BCUT2D eigenvalue weighted by molar-refractivity contribution is 0.275. The van der Waals surface area contributed by atoms with Crippen LogP contribution in [0.1, 0.15) is 12.5 Å². The summed E-state index contributed by atoms with van der Waals surface area (Å²) in [6, 6.07) is 6.39. The van der Waals surface area contributed by atoms with Crippen LogP contribution < -0.4 is 10.6 Å². The highest BCUT2D eigenvalue weighted by molar-refractivity contribution is 7.80. The molecule has 98 valence electrons. The highest BCUT2D eigenvalue weighted by Gasteiger charge is 2.22. The predicted molar refractivity (Wildman–Crippen MR) is 81.6 cm³/mol. The number of halogens is 1. The van der Waals surface area contributed by atoms with E-state index in [1.807, 2.05) is 18.2 Å². The molecule has 18 heavy (non-hydrogen) atoms. The maximum atomic E-state index is 6.22. The fourth-order valence-corrected chi connectivity index (χ4v) is 2.92. The van der Waals surface area contributed by atoms with E-state index >= 15 is 0 Å². The van der Waals surface area contributed by atoms with Gasteiger partial charge in [0, 0.05) is 36.9 Å². The predicted octanol–water partition coefficient (Wildman–Crippen LogP) is 2.11. The molecule has 3 nitrogen and oxygen atoms in total. The third-order valence-corrected chi connectivity index (χ3v) is 3.91. The molecule has 0 aromatic heterocycles. The van der Waals surface area contributed by atoms with Crippen molar-refractivity contribution in [1.29, 1.82) is 0 Å². The Kier molecular flexibility index (Phi) is 4.10. The molecule has 0 amide bonds. The second-order valence-corrected chi connectivity index (χ2v) is 5.68. The first kappa shape index (κ1) is 13.6. The smallest absolute Gasteiger partial charge is 0.105 e. The number of rotatable bonds is 2. The van der Waals surface area contributed by atoms with Gasteiger partial charge in [-0.1, -0.05) is 23.8 Å². The number of anilines is 1. The van der Waals surface area contributed by atoms with Gasteiger partial charge in [0.15, 0.2) is 0 Å². The molecule has 1 saturated heterocycles. The van der Waals surface area contributed by atoms with Crippen molar-refractivity contribution in [3.63, 3.8) is 0 Å². The van der Waals surface area contributed by atoms with Crippen molar-refractivity contribution in [3.05, 3.63) is 28.8 Å². The van der Waals surface area contributed by atoms with Crippen molar-refractivity contribution in [2.24, 2.45) is 5.73 Å². The summed E-state index contributed by atoms with van der Waals surface area (Å²) in [7, 11) is 2.15. The number of nitrogens with zero attached hydrogens (tertiary/aromatic N) is 2. The first-order valence-corrected chi connectivity index (χ1v) is 6.82. The van der Waals surface area contributed by atoms with Crippen LogP contribution in [0.3, 0.4) is 0 Å². The quantitative estimate of drug-likeness (QED) is 0.843. The molecule has 0 saturated carbocycles. The van der Waals surface area contributed by atoms with E-state index in [4.69, 9.17) is 29.6 Å². The van der Waals surface area contributed by atoms with Crippen molar-refractivity contribution in [2.45, 2.75) is 13.0 Å². The number of benzene rings is 1. The molecule has 0 aliphatic carbocycles. The van der Waals surface area contributed by atoms with Crippen molar-refractivity contribution in [2.75, 3.05) is 31.6 Å². The van der Waals surface area contributed by atoms with Gasteiger partial charge < -0.3 is 15.5 Å². The van der Waals surface area contributed by atoms with Crippen LogP contribution in [0.15, 0.2) is 18.2 Å². The molecule has 1 atom stereocenters. The minimum atomic E-state index is 0.345. The van der Waals surface area contributed by atoms with Crippen molar-refractivity contribution < 1.29 is 0 Å². The number of likely N-dealkylation sites (N-methyl/N-ethyl adjacent to an activating group) is 1. The second kappa shape index (κ2) is 5.43. The zero-order valence-corrected chi connectivity index (χ0v) is 12.3. The van der Waals surface area contributed by atoms with Crippen LogP contribution >= 0.6 is 23.8 Å². The van der Waals surface area contributed by atoms with Crippen LogP contribution in [0.2, 0.25) is 5.02 Å². The van der Waals surface area contributed by atoms with Gasteiger partial charge in [0.1, 0.15) is 4.99 Å². The Morgan fingerprint density at radius 1 is 1.44 bits per heavy atom. The molecule has 2 rings (SSSR count). The summed E-state index contributed by atoms with van der Waals surface area (Å²) in [6.45, 7) is 5.37. The SMILES string of the molecule is CC1CN(C)CCN1c1ccc(C(N)=S)c(Cl)c1. The van der Waals surface area contributed by atoms with Crippen molar-refractivity contribution in [1.82, 2.24) is 4.90 Å². The molecular formula is C13H18ClN3S. The van der Waals surface area contributed by atoms with Gasteiger partial charge in [0.25, 0.3) is 0 Å². The van der Waals surface area contributed by atoms with Crippen LogP contribution in [-0.2, 0) is 0 Å². The Balaban J connectivity index is 2.24. The van der Waals surface area contributed by atoms with Crippen LogP contribution in [0.25, 0.3) is 0 Å². The van der Waals surface area contributed by atoms with Gasteiger partial charge in [0.05, 0.1) is 5.02 Å². The zero-order valence-electron chi connectivity index (χ0n) is 10.7. The fraction of sp³-hybridized carbons (Fsp3) is 0.462. The molecule has 2 N–H and O–H groups in total. The van der Waals surface area contributed by atoms with Crippen LogP contribution in [0.5, 0.6) is 0 Å². The largest absolute Gasteiger partial charge is 0.389 e. The van der Waals surface area contributed by atoms with Gasteiger partial charge in [-0.25, -0.2) is 0 Å². The maximum Gasteiger partial charge on any atom is 0.105 e. The van der Waals surface area contributed by atoms with E-state index in [1.165, 1.54) is 0 Å². The average molecular weight is 284 g/mol. The first-order chi connectivity index (χ1) is 8.49. The van der Waals surface area contributed by atoms with Crippen molar-refractivity contribution in [3.8, 4) is 0 Å². The van der Waals surface area contributed by atoms with E-state index in [9.17, 15) is 0 Å². The third kappa shape index (κ3) is 2.76. The van der Waals surface area contributed by atoms with Crippen LogP contribution in [0, 0.1) is 0 Å². The number of nitrogens with two attached hydrogens (primary N) is 1. The lowest BCUT2D eigenvalue weighted by Gasteiger charge is -2.40. The van der Waals surface area contributed by atoms with Gasteiger partial charge >= 0.3 is 0 Å². The van der Waals surface area contributed by atoms with Crippen LogP contribution in [0.4, 0.5) is 5.69 Å². The van der Waals surface area contributed by atoms with E-state index in [0.717, 1.165) is 30.9 Å². The summed E-state index contributed by atoms with van der Waals surface area (Å²) in [5, 5.41) is 0.631. The molecule has 5 heteroatoms. The van der Waals surface area contributed by atoms with E-state index in [0.29, 0.717) is 16.1 Å². The molecule has 1 aromatic rings. The number of piperazine rings is 1. The molecule has 1 fully saturated rings. The normalized spacial score (nSPS) is 21.1. The van der Waals surface area contributed by atoms with Gasteiger partial charge in [-0.15, -0.1) is 0 Å². The molecule has 1 unspecified atom stereocenters. The summed E-state index contributed by atoms with van der Waals surface area (Å²) < 4.78 is 0. The highest BCUT2D eigenvalue weighted by atomic mass is 35.5. The molecule has 1 aliphatic heterocycles. The standard InChI is InChI=1S/C13H18ClN3S/c1-9-8-16(2)5-6-17(9)10-3-4-11(13(15)18)12(14)7-10/h3-4,7,9H,5-6,8H2,1-2H3,(H2,15,18). The summed E-state index contributed by atoms with van der Waals surface area (Å²) in [6.07, 6.45) is 0. The molecular weight excluding hydrogens is 266 g/mol. The summed E-state index contributed by atoms with van der Waals surface area (Å²) in [4.78, 5) is 5.06. The Hall–Kier alpha value is -0.840. The highest BCUT2D eigenvalue weighted by Crippen LogP contribution is 2.26. The van der Waals surface area contributed by atoms with Gasteiger partial charge in [-0.05, 0) is 32.2 Å². The summed E-state index contributed by atoms with van der Waals surface area (Å²) >= 11 is 11.2. The molecule has 1 aromatic carbocycles. The maximum absolute atomic E-state index is 6.22. The average Bonchev–Trinajstić information content (AvgIpc) is 2.28. The Morgan fingerprint density at radius 3 is 2.72 bits per heavy atom. The van der Waals surface area contributed by atoms with E-state index in [-0.39, 0.29) is 0 Å². The minimum absolute atomic E-state index is 0.345. The van der Waals surface area contributed by atoms with Gasteiger partial charge in [0.2, 0.25) is 0 Å². The molecule has 1 aliphatic rings. The second-order valence-electron chi connectivity index (χ2n) is 4.83. The topological polar surface area (TPSA) is 32.5 Å². The van der Waals surface area contributed by atoms with E-state index in [1.54, 1.807) is 0 Å². The number of hydrogen-bond donors (Lipinski definition) is 1. The minimum Gasteiger partial charge on any atom is -0.389 e. The fourth-order valence-electron chi connectivity index (χ4n) is 2.41. The monoisotopic (exact) mass is 283 g/mol. The molecule has 0 spiro atoms. The summed E-state index contributed by atoms with van der Waals surface area (Å²) in [5.74, 6) is 0. The van der Waals surface area contributed by atoms with Gasteiger partial charge in [-0.3, -0.25) is 0 Å². The Labute approximate surface area is 119 Å². The lowest BCUT2D eigenvalue weighted by atomic mass is 10.1. The Morgan fingerprint density at radius 2 is 2.17 bits per heavy atom. The first-order valence-electron chi connectivity index (χ1n) is 6.03. The summed E-state index contributed by atoms with van der Waals surface area (Å²) in [5.41, 5.74) is 7.50. The van der Waals surface area contributed by atoms with E-state index < -0.39 is 0 Å². The lowest BCUT2D eigenvalue weighted by Crippen LogP contribution is -2.50.